The summed E-state index contributed by atoms with van der Waals surface area (Å²) in [5, 5.41) is 6.86. The predicted octanol–water partition coefficient (Wildman–Crippen LogP) is 3.06. The van der Waals surface area contributed by atoms with Gasteiger partial charge in [-0.15, -0.1) is 0 Å². The molecule has 3 aromatic rings. The van der Waals surface area contributed by atoms with E-state index in [2.05, 4.69) is 15.6 Å². The summed E-state index contributed by atoms with van der Waals surface area (Å²) in [7, 11) is 0. The van der Waals surface area contributed by atoms with Crippen LogP contribution in [0.1, 0.15) is 24.0 Å². The first-order valence-corrected chi connectivity index (χ1v) is 9.44. The number of rotatable bonds is 7. The van der Waals surface area contributed by atoms with E-state index in [0.717, 1.165) is 22.0 Å². The highest BCUT2D eigenvalue weighted by molar-refractivity contribution is 6.07. The second kappa shape index (κ2) is 7.46. The maximum absolute atomic E-state index is 13.0. The number of hydrogen-bond donors (Lipinski definition) is 3. The minimum absolute atomic E-state index is 0.219. The molecule has 1 aliphatic rings. The smallest absolute Gasteiger partial charge is 0.235 e. The van der Waals surface area contributed by atoms with Crippen molar-refractivity contribution in [3.05, 3.63) is 71.7 Å². The van der Waals surface area contributed by atoms with Gasteiger partial charge in [-0.25, -0.2) is 4.39 Å². The lowest BCUT2D eigenvalue weighted by Gasteiger charge is -2.15. The summed E-state index contributed by atoms with van der Waals surface area (Å²) in [6.07, 6.45) is 3.77. The fraction of sp³-hybridized carbons (Fsp3) is 0.273. The van der Waals surface area contributed by atoms with Crippen LogP contribution in [0, 0.1) is 11.2 Å². The highest BCUT2D eigenvalue weighted by atomic mass is 19.1. The third kappa shape index (κ3) is 3.63. The molecule has 1 saturated carbocycles. The molecule has 4 rings (SSSR count). The minimum atomic E-state index is -0.958. The molecule has 5 nitrogen and oxygen atoms in total. The fourth-order valence-electron chi connectivity index (χ4n) is 3.45. The van der Waals surface area contributed by atoms with Gasteiger partial charge in [0, 0.05) is 30.2 Å². The van der Waals surface area contributed by atoms with Gasteiger partial charge in [-0.05, 0) is 48.6 Å². The highest BCUT2D eigenvalue weighted by Crippen LogP contribution is 2.46. The van der Waals surface area contributed by atoms with Crippen molar-refractivity contribution < 1.29 is 14.0 Å². The van der Waals surface area contributed by atoms with Crippen molar-refractivity contribution in [2.75, 3.05) is 6.54 Å². The summed E-state index contributed by atoms with van der Waals surface area (Å²) >= 11 is 0. The number of para-hydroxylation sites is 1. The predicted molar refractivity (Wildman–Crippen MR) is 105 cm³/mol. The molecule has 0 bridgehead atoms. The zero-order valence-corrected chi connectivity index (χ0v) is 15.4. The molecule has 0 aliphatic heterocycles. The topological polar surface area (TPSA) is 74.0 Å². The summed E-state index contributed by atoms with van der Waals surface area (Å²) in [5.74, 6) is -0.798. The Morgan fingerprint density at radius 2 is 1.71 bits per heavy atom. The van der Waals surface area contributed by atoms with E-state index in [9.17, 15) is 14.0 Å². The molecule has 28 heavy (non-hydrogen) atoms. The first-order chi connectivity index (χ1) is 13.6. The third-order valence-electron chi connectivity index (χ3n) is 5.34. The molecular formula is C22H22FN3O2. The van der Waals surface area contributed by atoms with Gasteiger partial charge < -0.3 is 15.6 Å². The standard InChI is InChI=1S/C22H22FN3O2/c23-17-7-5-15(6-8-17)13-26-21(28)22(10-11-22)20(27)24-12-9-16-14-25-19-4-2-1-3-18(16)19/h1-8,14,25H,9-13H2,(H,24,27)(H,26,28). The Morgan fingerprint density at radius 1 is 1.00 bits per heavy atom. The third-order valence-corrected chi connectivity index (χ3v) is 5.34. The van der Waals surface area contributed by atoms with Gasteiger partial charge in [0.25, 0.3) is 0 Å². The van der Waals surface area contributed by atoms with Gasteiger partial charge in [0.15, 0.2) is 0 Å². The van der Waals surface area contributed by atoms with Crippen LogP contribution in [-0.2, 0) is 22.6 Å². The second-order valence-corrected chi connectivity index (χ2v) is 7.26. The van der Waals surface area contributed by atoms with Gasteiger partial charge in [0.05, 0.1) is 0 Å². The first kappa shape index (κ1) is 18.2. The Labute approximate surface area is 162 Å². The molecule has 0 unspecified atom stereocenters. The molecule has 1 heterocycles. The van der Waals surface area contributed by atoms with Crippen LogP contribution in [0.5, 0.6) is 0 Å². The van der Waals surface area contributed by atoms with Crippen molar-refractivity contribution >= 4 is 22.7 Å². The Kier molecular flexibility index (Phi) is 4.86. The molecule has 2 aromatic carbocycles. The number of carbonyl (C=O) groups excluding carboxylic acids is 2. The Bertz CT molecular complexity index is 1010. The molecule has 3 N–H and O–H groups in total. The van der Waals surface area contributed by atoms with E-state index in [1.54, 1.807) is 12.1 Å². The van der Waals surface area contributed by atoms with E-state index in [1.807, 2.05) is 30.5 Å². The second-order valence-electron chi connectivity index (χ2n) is 7.26. The highest BCUT2D eigenvalue weighted by Gasteiger charge is 2.56. The van der Waals surface area contributed by atoms with Crippen LogP contribution in [0.3, 0.4) is 0 Å². The normalized spacial score (nSPS) is 14.6. The van der Waals surface area contributed by atoms with Crippen molar-refractivity contribution in [1.82, 2.24) is 15.6 Å². The van der Waals surface area contributed by atoms with E-state index in [4.69, 9.17) is 0 Å². The molecule has 1 aromatic heterocycles. The lowest BCUT2D eigenvalue weighted by molar-refractivity contribution is -0.137. The van der Waals surface area contributed by atoms with Gasteiger partial charge in [-0.2, -0.15) is 0 Å². The fourth-order valence-corrected chi connectivity index (χ4v) is 3.45. The van der Waals surface area contributed by atoms with Gasteiger partial charge in [-0.3, -0.25) is 9.59 Å². The number of benzene rings is 2. The molecule has 1 aliphatic carbocycles. The van der Waals surface area contributed by atoms with Gasteiger partial charge in [0.1, 0.15) is 11.2 Å². The summed E-state index contributed by atoms with van der Waals surface area (Å²) in [6.45, 7) is 0.761. The lowest BCUT2D eigenvalue weighted by Crippen LogP contribution is -2.43. The summed E-state index contributed by atoms with van der Waals surface area (Å²) in [5.41, 5.74) is 2.05. The van der Waals surface area contributed by atoms with Crippen molar-refractivity contribution in [1.29, 1.82) is 0 Å². The molecular weight excluding hydrogens is 357 g/mol. The SMILES string of the molecule is O=C(NCCc1c[nH]c2ccccc12)C1(C(=O)NCc2ccc(F)cc2)CC1. The Balaban J connectivity index is 1.30. The average molecular weight is 379 g/mol. The van der Waals surface area contributed by atoms with E-state index in [1.165, 1.54) is 12.1 Å². The largest absolute Gasteiger partial charge is 0.361 e. The number of halogens is 1. The van der Waals surface area contributed by atoms with Gasteiger partial charge >= 0.3 is 0 Å². The van der Waals surface area contributed by atoms with Crippen LogP contribution in [0.25, 0.3) is 10.9 Å². The quantitative estimate of drug-likeness (QED) is 0.552. The maximum Gasteiger partial charge on any atom is 0.235 e. The van der Waals surface area contributed by atoms with Crippen molar-refractivity contribution in [2.45, 2.75) is 25.8 Å². The van der Waals surface area contributed by atoms with Crippen molar-refractivity contribution in [3.63, 3.8) is 0 Å². The van der Waals surface area contributed by atoms with Crippen molar-refractivity contribution in [2.24, 2.45) is 5.41 Å². The Hall–Kier alpha value is -3.15. The number of hydrogen-bond acceptors (Lipinski definition) is 2. The number of fused-ring (bicyclic) bond motifs is 1. The molecule has 2 amide bonds. The molecule has 0 atom stereocenters. The van der Waals surface area contributed by atoms with Crippen molar-refractivity contribution in [3.8, 4) is 0 Å². The number of nitrogens with one attached hydrogen (secondary N) is 3. The summed E-state index contributed by atoms with van der Waals surface area (Å²) in [6, 6.07) is 14.0. The lowest BCUT2D eigenvalue weighted by atomic mass is 10.0. The molecule has 144 valence electrons. The van der Waals surface area contributed by atoms with Crippen LogP contribution < -0.4 is 10.6 Å². The molecule has 0 saturated heterocycles. The van der Waals surface area contributed by atoms with Crippen LogP contribution in [0.15, 0.2) is 54.7 Å². The number of aromatic amines is 1. The van der Waals surface area contributed by atoms with Crippen LogP contribution >= 0.6 is 0 Å². The molecule has 6 heteroatoms. The number of amides is 2. The average Bonchev–Trinajstić information content (AvgIpc) is 3.43. The first-order valence-electron chi connectivity index (χ1n) is 9.44. The van der Waals surface area contributed by atoms with E-state index in [-0.39, 0.29) is 24.2 Å². The molecule has 1 fully saturated rings. The van der Waals surface area contributed by atoms with E-state index in [0.29, 0.717) is 25.8 Å². The zero-order valence-electron chi connectivity index (χ0n) is 15.4. The molecule has 0 radical (unpaired) electrons. The summed E-state index contributed by atoms with van der Waals surface area (Å²) < 4.78 is 13.0. The summed E-state index contributed by atoms with van der Waals surface area (Å²) in [4.78, 5) is 28.3. The minimum Gasteiger partial charge on any atom is -0.361 e. The van der Waals surface area contributed by atoms with Crippen LogP contribution in [-0.4, -0.2) is 23.3 Å². The maximum atomic E-state index is 13.0. The Morgan fingerprint density at radius 3 is 2.46 bits per heavy atom. The number of aromatic nitrogens is 1. The van der Waals surface area contributed by atoms with Crippen LogP contribution in [0.2, 0.25) is 0 Å². The number of H-pyrrole nitrogens is 1. The zero-order chi connectivity index (χ0) is 19.6. The van der Waals surface area contributed by atoms with Crippen LogP contribution in [0.4, 0.5) is 4.39 Å². The van der Waals surface area contributed by atoms with Gasteiger partial charge in [-0.1, -0.05) is 30.3 Å². The van der Waals surface area contributed by atoms with Gasteiger partial charge in [0.2, 0.25) is 11.8 Å². The van der Waals surface area contributed by atoms with E-state index < -0.39 is 5.41 Å². The molecule has 0 spiro atoms. The number of carbonyl (C=O) groups is 2. The monoisotopic (exact) mass is 379 g/mol. The van der Waals surface area contributed by atoms with E-state index >= 15 is 0 Å².